The number of amides is 1. The summed E-state index contributed by atoms with van der Waals surface area (Å²) in [5.74, 6) is -0.507. The lowest BCUT2D eigenvalue weighted by molar-refractivity contribution is -0.121. The van der Waals surface area contributed by atoms with Crippen LogP contribution in [-0.2, 0) is 26.7 Å². The summed E-state index contributed by atoms with van der Waals surface area (Å²) < 4.78 is 27.6. The van der Waals surface area contributed by atoms with Crippen LogP contribution in [0, 0.1) is 5.92 Å². The van der Waals surface area contributed by atoms with Gasteiger partial charge in [-0.05, 0) is 61.8 Å². The minimum atomic E-state index is -3.54. The molecule has 4 nitrogen and oxygen atoms in total. The maximum Gasteiger partial charge on any atom is 0.240 e. The second-order valence-corrected chi connectivity index (χ2v) is 10.2. The number of halogens is 1. The molecule has 1 aromatic carbocycles. The monoisotopic (exact) mass is 397 g/mol. The fraction of sp³-hybridized carbons (Fsp3) is 0.588. The maximum atomic E-state index is 12.5. The van der Waals surface area contributed by atoms with Crippen LogP contribution in [0.15, 0.2) is 22.7 Å². The Morgan fingerprint density at radius 2 is 2.09 bits per heavy atom. The Labute approximate surface area is 145 Å². The van der Waals surface area contributed by atoms with Crippen LogP contribution >= 0.6 is 15.9 Å². The average Bonchev–Trinajstić information content (AvgIpc) is 3.37. The predicted octanol–water partition coefficient (Wildman–Crippen LogP) is 3.04. The van der Waals surface area contributed by atoms with Crippen LogP contribution in [0.5, 0.6) is 0 Å². The van der Waals surface area contributed by atoms with Gasteiger partial charge >= 0.3 is 0 Å². The van der Waals surface area contributed by atoms with Crippen LogP contribution in [0.4, 0.5) is 0 Å². The number of fused-ring (bicyclic) bond motifs is 2. The highest BCUT2D eigenvalue weighted by Gasteiger charge is 2.63. The SMILES string of the molecule is CCC1(S(=O)(=O)NC(=O)C2CC23CCc2cc(Br)ccc23)CC1. The lowest BCUT2D eigenvalue weighted by Crippen LogP contribution is -2.41. The van der Waals surface area contributed by atoms with Gasteiger partial charge in [-0.3, -0.25) is 9.52 Å². The molecule has 0 radical (unpaired) electrons. The Morgan fingerprint density at radius 3 is 2.74 bits per heavy atom. The summed E-state index contributed by atoms with van der Waals surface area (Å²) in [6.45, 7) is 1.88. The van der Waals surface area contributed by atoms with Crippen molar-refractivity contribution in [2.75, 3.05) is 0 Å². The van der Waals surface area contributed by atoms with Crippen molar-refractivity contribution in [1.82, 2.24) is 4.72 Å². The lowest BCUT2D eigenvalue weighted by Gasteiger charge is -2.16. The molecule has 2 atom stereocenters. The minimum absolute atomic E-state index is 0.126. The molecule has 0 aliphatic heterocycles. The number of hydrogen-bond acceptors (Lipinski definition) is 3. The van der Waals surface area contributed by atoms with Crippen molar-refractivity contribution in [2.45, 2.75) is 55.6 Å². The van der Waals surface area contributed by atoms with Crippen molar-refractivity contribution in [3.05, 3.63) is 33.8 Å². The van der Waals surface area contributed by atoms with Gasteiger partial charge in [0.05, 0.1) is 4.75 Å². The molecule has 3 aliphatic rings. The number of hydrogen-bond donors (Lipinski definition) is 1. The summed E-state index contributed by atoms with van der Waals surface area (Å²) in [6.07, 6.45) is 4.57. The molecule has 4 rings (SSSR count). The number of sulfonamides is 1. The Balaban J connectivity index is 1.53. The van der Waals surface area contributed by atoms with Crippen LogP contribution in [0.2, 0.25) is 0 Å². The van der Waals surface area contributed by atoms with Crippen molar-refractivity contribution in [3.8, 4) is 0 Å². The molecule has 0 saturated heterocycles. The molecular weight excluding hydrogens is 378 g/mol. The molecule has 2 saturated carbocycles. The van der Waals surface area contributed by atoms with E-state index in [2.05, 4.69) is 32.8 Å². The van der Waals surface area contributed by atoms with Gasteiger partial charge in [0.15, 0.2) is 0 Å². The molecule has 0 bridgehead atoms. The molecule has 3 aliphatic carbocycles. The summed E-state index contributed by atoms with van der Waals surface area (Å²) in [5.41, 5.74) is 2.39. The van der Waals surface area contributed by atoms with E-state index >= 15 is 0 Å². The Hall–Kier alpha value is -0.880. The first-order valence-corrected chi connectivity index (χ1v) is 10.5. The van der Waals surface area contributed by atoms with Crippen LogP contribution < -0.4 is 4.72 Å². The largest absolute Gasteiger partial charge is 0.274 e. The standard InChI is InChI=1S/C17H20BrNO3S/c1-2-16(7-8-16)23(21,22)19-15(20)14-10-17(14)6-5-11-9-12(18)3-4-13(11)17/h3-4,9,14H,2,5-8,10H2,1H3,(H,19,20). The highest BCUT2D eigenvalue weighted by molar-refractivity contribution is 9.10. The molecule has 124 valence electrons. The number of aryl methyl sites for hydroxylation is 1. The van der Waals surface area contributed by atoms with Gasteiger partial charge in [0, 0.05) is 15.8 Å². The van der Waals surface area contributed by atoms with Crippen LogP contribution in [0.25, 0.3) is 0 Å². The van der Waals surface area contributed by atoms with E-state index in [1.54, 1.807) is 0 Å². The third kappa shape index (κ3) is 2.21. The first kappa shape index (κ1) is 15.6. The molecule has 2 fully saturated rings. The molecule has 2 unspecified atom stereocenters. The highest BCUT2D eigenvalue weighted by Crippen LogP contribution is 2.62. The quantitative estimate of drug-likeness (QED) is 0.848. The van der Waals surface area contributed by atoms with E-state index in [4.69, 9.17) is 0 Å². The fourth-order valence-electron chi connectivity index (χ4n) is 4.23. The van der Waals surface area contributed by atoms with E-state index in [0.29, 0.717) is 19.3 Å². The lowest BCUT2D eigenvalue weighted by atomic mass is 9.95. The molecule has 0 heterocycles. The van der Waals surface area contributed by atoms with E-state index in [-0.39, 0.29) is 17.2 Å². The third-order valence-electron chi connectivity index (χ3n) is 6.09. The molecule has 1 N–H and O–H groups in total. The molecule has 23 heavy (non-hydrogen) atoms. The number of nitrogens with one attached hydrogen (secondary N) is 1. The van der Waals surface area contributed by atoms with Gasteiger partial charge in [-0.2, -0.15) is 0 Å². The van der Waals surface area contributed by atoms with Crippen molar-refractivity contribution < 1.29 is 13.2 Å². The second-order valence-electron chi connectivity index (χ2n) is 7.22. The van der Waals surface area contributed by atoms with Crippen LogP contribution in [0.1, 0.15) is 50.2 Å². The van der Waals surface area contributed by atoms with Crippen molar-refractivity contribution >= 4 is 31.9 Å². The summed E-state index contributed by atoms with van der Waals surface area (Å²) in [4.78, 5) is 12.5. The van der Waals surface area contributed by atoms with Gasteiger partial charge in [0.2, 0.25) is 15.9 Å². The summed E-state index contributed by atoms with van der Waals surface area (Å²) in [5, 5.41) is 0. The zero-order valence-corrected chi connectivity index (χ0v) is 15.5. The number of benzene rings is 1. The maximum absolute atomic E-state index is 12.5. The van der Waals surface area contributed by atoms with Crippen molar-refractivity contribution in [2.24, 2.45) is 5.92 Å². The summed E-state index contributed by atoms with van der Waals surface area (Å²) in [6, 6.07) is 6.21. The molecule has 1 aromatic rings. The van der Waals surface area contributed by atoms with Gasteiger partial charge in [-0.15, -0.1) is 0 Å². The van der Waals surface area contributed by atoms with E-state index in [1.807, 2.05) is 13.0 Å². The Kier molecular flexibility index (Phi) is 3.28. The zero-order chi connectivity index (χ0) is 16.5. The van der Waals surface area contributed by atoms with Gasteiger partial charge in [0.25, 0.3) is 0 Å². The van der Waals surface area contributed by atoms with Gasteiger partial charge < -0.3 is 0 Å². The van der Waals surface area contributed by atoms with E-state index in [0.717, 1.165) is 23.7 Å². The van der Waals surface area contributed by atoms with Crippen molar-refractivity contribution in [1.29, 1.82) is 0 Å². The van der Waals surface area contributed by atoms with E-state index in [9.17, 15) is 13.2 Å². The number of rotatable bonds is 4. The topological polar surface area (TPSA) is 63.2 Å². The summed E-state index contributed by atoms with van der Waals surface area (Å²) in [7, 11) is -3.54. The van der Waals surface area contributed by atoms with Crippen LogP contribution in [-0.4, -0.2) is 19.1 Å². The smallest absolute Gasteiger partial charge is 0.240 e. The first-order valence-electron chi connectivity index (χ1n) is 8.19. The fourth-order valence-corrected chi connectivity index (χ4v) is 6.29. The average molecular weight is 398 g/mol. The number of carbonyl (C=O) groups excluding carboxylic acids is 1. The Morgan fingerprint density at radius 1 is 1.35 bits per heavy atom. The van der Waals surface area contributed by atoms with Gasteiger partial charge in [0.1, 0.15) is 0 Å². The zero-order valence-electron chi connectivity index (χ0n) is 13.1. The van der Waals surface area contributed by atoms with E-state index in [1.165, 1.54) is 11.1 Å². The molecule has 1 spiro atoms. The first-order chi connectivity index (χ1) is 10.8. The van der Waals surface area contributed by atoms with Crippen LogP contribution in [0.3, 0.4) is 0 Å². The summed E-state index contributed by atoms with van der Waals surface area (Å²) >= 11 is 3.48. The predicted molar refractivity (Wildman–Crippen MR) is 91.6 cm³/mol. The second kappa shape index (κ2) is 4.82. The third-order valence-corrected chi connectivity index (χ3v) is 8.89. The van der Waals surface area contributed by atoms with Crippen molar-refractivity contribution in [3.63, 3.8) is 0 Å². The molecule has 0 aromatic heterocycles. The van der Waals surface area contributed by atoms with Gasteiger partial charge in [-0.25, -0.2) is 8.42 Å². The Bertz CT molecular complexity index is 800. The molecule has 1 amide bonds. The highest BCUT2D eigenvalue weighted by atomic mass is 79.9. The molecular formula is C17H20BrNO3S. The van der Waals surface area contributed by atoms with Gasteiger partial charge in [-0.1, -0.05) is 28.9 Å². The normalized spacial score (nSPS) is 30.1. The molecule has 6 heteroatoms. The minimum Gasteiger partial charge on any atom is -0.274 e. The number of carbonyl (C=O) groups is 1. The van der Waals surface area contributed by atoms with E-state index < -0.39 is 14.8 Å².